The highest BCUT2D eigenvalue weighted by Crippen LogP contribution is 2.51. The molecule has 2 nitrogen and oxygen atoms in total. The van der Waals surface area contributed by atoms with Crippen LogP contribution in [0.3, 0.4) is 0 Å². The second-order valence-corrected chi connectivity index (χ2v) is 25.9. The SMILES string of the molecule is CC(C)(C)c1ccc2c(c1)c1cc(C(C)(C)C)cc3c1n2-c1cc(-c2c(-c4ccccc4)cccc2-c2ccccc2)cc2c1B3c1cc3c4ccccc4c4ccccc4c3c3c4c5c6ccccc6c6ccccc6c5ccc4n-2c13. The van der Waals surface area contributed by atoms with E-state index in [1.807, 2.05) is 0 Å². The minimum Gasteiger partial charge on any atom is -0.310 e. The summed E-state index contributed by atoms with van der Waals surface area (Å²) in [6.07, 6.45) is 0. The van der Waals surface area contributed by atoms with E-state index in [4.69, 9.17) is 0 Å². The first-order valence-electron chi connectivity index (χ1n) is 29.6. The Hall–Kier alpha value is -9.70. The summed E-state index contributed by atoms with van der Waals surface area (Å²) in [5.41, 5.74) is 21.4. The van der Waals surface area contributed by atoms with Crippen molar-refractivity contribution in [1.29, 1.82) is 0 Å². The summed E-state index contributed by atoms with van der Waals surface area (Å²) in [5, 5.41) is 20.8. The summed E-state index contributed by atoms with van der Waals surface area (Å²) in [7, 11) is 0. The third-order valence-electron chi connectivity index (χ3n) is 19.3. The summed E-state index contributed by atoms with van der Waals surface area (Å²) >= 11 is 0. The normalized spacial score (nSPS) is 13.2. The summed E-state index contributed by atoms with van der Waals surface area (Å²) in [6.45, 7) is 14.1. The fraction of sp³-hybridized carbons (Fsp3) is 0.100. The van der Waals surface area contributed by atoms with Gasteiger partial charge in [0.2, 0.25) is 0 Å². The Labute approximate surface area is 482 Å². The Balaban J connectivity index is 1.13. The summed E-state index contributed by atoms with van der Waals surface area (Å²) in [5.74, 6) is 0. The maximum absolute atomic E-state index is 2.75. The average Bonchev–Trinajstić information content (AvgIpc) is 1.68. The van der Waals surface area contributed by atoms with Gasteiger partial charge in [0.05, 0.1) is 16.6 Å². The van der Waals surface area contributed by atoms with Gasteiger partial charge < -0.3 is 9.13 Å². The van der Waals surface area contributed by atoms with Crippen molar-refractivity contribution < 1.29 is 0 Å². The minimum absolute atomic E-state index is 0.0397. The molecule has 14 aromatic carbocycles. The predicted molar refractivity (Wildman–Crippen MR) is 359 cm³/mol. The monoisotopic (exact) mass is 1060 g/mol. The molecule has 0 bridgehead atoms. The van der Waals surface area contributed by atoms with E-state index >= 15 is 0 Å². The van der Waals surface area contributed by atoms with Crippen molar-refractivity contribution in [2.75, 3.05) is 0 Å². The third-order valence-corrected chi connectivity index (χ3v) is 19.3. The highest BCUT2D eigenvalue weighted by molar-refractivity contribution is 7.00. The van der Waals surface area contributed by atoms with Gasteiger partial charge in [-0.1, -0.05) is 242 Å². The molecule has 2 aliphatic rings. The average molecular weight is 1060 g/mol. The molecule has 2 aliphatic heterocycles. The molecule has 0 spiro atoms. The van der Waals surface area contributed by atoms with Gasteiger partial charge in [0.25, 0.3) is 6.71 Å². The van der Waals surface area contributed by atoms with Gasteiger partial charge in [0.1, 0.15) is 0 Å². The van der Waals surface area contributed by atoms with Gasteiger partial charge in [-0.2, -0.15) is 0 Å². The molecule has 18 rings (SSSR count). The first-order valence-corrected chi connectivity index (χ1v) is 29.6. The molecule has 0 radical (unpaired) electrons. The van der Waals surface area contributed by atoms with Crippen LogP contribution in [0, 0.1) is 0 Å². The number of benzene rings is 14. The molecule has 2 aromatic heterocycles. The van der Waals surface area contributed by atoms with E-state index in [1.54, 1.807) is 0 Å². The number of aromatic nitrogens is 2. The van der Waals surface area contributed by atoms with E-state index in [0.717, 1.165) is 0 Å². The van der Waals surface area contributed by atoms with E-state index in [9.17, 15) is 0 Å². The Morgan fingerprint density at radius 1 is 0.289 bits per heavy atom. The topological polar surface area (TPSA) is 9.86 Å². The van der Waals surface area contributed by atoms with Crippen molar-refractivity contribution in [1.82, 2.24) is 9.13 Å². The first-order chi connectivity index (χ1) is 40.5. The van der Waals surface area contributed by atoms with Crippen LogP contribution in [0.1, 0.15) is 52.7 Å². The molecule has 4 heterocycles. The molecular formula is C80H57BN2. The van der Waals surface area contributed by atoms with Gasteiger partial charge in [0.15, 0.2) is 0 Å². The molecule has 0 amide bonds. The molecule has 0 aliphatic carbocycles. The van der Waals surface area contributed by atoms with Crippen LogP contribution in [-0.4, -0.2) is 15.8 Å². The Bertz CT molecular complexity index is 5480. The summed E-state index contributed by atoms with van der Waals surface area (Å²) in [4.78, 5) is 0. The molecule has 83 heavy (non-hydrogen) atoms. The molecule has 0 saturated carbocycles. The van der Waals surface area contributed by atoms with Gasteiger partial charge >= 0.3 is 0 Å². The van der Waals surface area contributed by atoms with Crippen molar-refractivity contribution in [2.24, 2.45) is 0 Å². The van der Waals surface area contributed by atoms with Crippen LogP contribution in [0.2, 0.25) is 0 Å². The zero-order chi connectivity index (χ0) is 55.4. The van der Waals surface area contributed by atoms with Gasteiger partial charge in [0, 0.05) is 49.2 Å². The first kappa shape index (κ1) is 47.0. The standard InChI is InChI=1S/C80H57BN2/c1-79(2,3)49-36-38-67-62(42-49)64-43-50(80(4,5)6)44-65-77(64)82(67)69-40-48(71-51(46-22-9-7-10-23-46)34-21-35-52(71)47-24-11-8-12-25-47)41-70-76(69)81(65)66-45-63-58-31-16-14-27-54(58)56-29-18-20-33-60(56)73(63)75-74-68(83(70)78(66)75)39-37-61-57-30-15-13-26-53(57)55-28-17-19-32-59(55)72(61)74/h7-45H,1-6H3. The maximum atomic E-state index is 2.75. The van der Waals surface area contributed by atoms with Gasteiger partial charge in [-0.25, -0.2) is 0 Å². The van der Waals surface area contributed by atoms with Crippen LogP contribution >= 0.6 is 0 Å². The molecule has 0 N–H and O–H groups in total. The van der Waals surface area contributed by atoms with Gasteiger partial charge in [-0.15, -0.1) is 0 Å². The van der Waals surface area contributed by atoms with E-state index in [0.29, 0.717) is 0 Å². The van der Waals surface area contributed by atoms with Crippen molar-refractivity contribution in [3.8, 4) is 44.8 Å². The van der Waals surface area contributed by atoms with E-state index in [2.05, 4.69) is 287 Å². The van der Waals surface area contributed by atoms with Gasteiger partial charge in [-0.3, -0.25) is 0 Å². The van der Waals surface area contributed by atoms with Crippen LogP contribution in [-0.2, 0) is 10.8 Å². The van der Waals surface area contributed by atoms with Crippen LogP contribution < -0.4 is 16.4 Å². The Kier molecular flexibility index (Phi) is 9.34. The lowest BCUT2D eigenvalue weighted by Crippen LogP contribution is -2.59. The van der Waals surface area contributed by atoms with Gasteiger partial charge in [-0.05, 0) is 162 Å². The molecule has 16 aromatic rings. The maximum Gasteiger partial charge on any atom is 0.252 e. The van der Waals surface area contributed by atoms with Crippen LogP contribution in [0.4, 0.5) is 0 Å². The number of rotatable bonds is 3. The fourth-order valence-corrected chi connectivity index (χ4v) is 15.6. The van der Waals surface area contributed by atoms with Crippen LogP contribution in [0.5, 0.6) is 0 Å². The van der Waals surface area contributed by atoms with Crippen LogP contribution in [0.15, 0.2) is 237 Å². The smallest absolute Gasteiger partial charge is 0.252 e. The molecule has 0 atom stereocenters. The summed E-state index contributed by atoms with van der Waals surface area (Å²) < 4.78 is 5.44. The van der Waals surface area contributed by atoms with Crippen molar-refractivity contribution in [3.63, 3.8) is 0 Å². The lowest BCUT2D eigenvalue weighted by molar-refractivity contribution is 0.590. The van der Waals surface area contributed by atoms with Crippen molar-refractivity contribution in [2.45, 2.75) is 52.4 Å². The second-order valence-electron chi connectivity index (χ2n) is 25.9. The second kappa shape index (κ2) is 16.5. The third kappa shape index (κ3) is 6.29. The Morgan fingerprint density at radius 2 is 0.735 bits per heavy atom. The molecule has 0 fully saturated rings. The van der Waals surface area contributed by atoms with E-state index < -0.39 is 0 Å². The quantitative estimate of drug-likeness (QED) is 0.123. The summed E-state index contributed by atoms with van der Waals surface area (Å²) in [6, 6.07) is 91.1. The molecular weight excluding hydrogens is 1000 g/mol. The Morgan fingerprint density at radius 3 is 1.29 bits per heavy atom. The van der Waals surface area contributed by atoms with E-state index in [1.165, 1.54) is 181 Å². The molecule has 0 saturated heterocycles. The number of nitrogens with zero attached hydrogens (tertiary/aromatic N) is 2. The lowest BCUT2D eigenvalue weighted by atomic mass is 9.34. The van der Waals surface area contributed by atoms with Crippen molar-refractivity contribution in [3.05, 3.63) is 248 Å². The molecule has 0 unspecified atom stereocenters. The fourth-order valence-electron chi connectivity index (χ4n) is 15.6. The molecule has 390 valence electrons. The lowest BCUT2D eigenvalue weighted by Gasteiger charge is -2.35. The zero-order valence-corrected chi connectivity index (χ0v) is 47.5. The number of hydrogen-bond donors (Lipinski definition) is 0. The number of fused-ring (bicyclic) bond motifs is 24. The number of hydrogen-bond acceptors (Lipinski definition) is 0. The zero-order valence-electron chi connectivity index (χ0n) is 47.5. The minimum atomic E-state index is -0.122. The van der Waals surface area contributed by atoms with E-state index in [-0.39, 0.29) is 17.5 Å². The predicted octanol–water partition coefficient (Wildman–Crippen LogP) is 19.5. The highest BCUT2D eigenvalue weighted by Gasteiger charge is 2.43. The van der Waals surface area contributed by atoms with Crippen molar-refractivity contribution >= 4 is 131 Å². The largest absolute Gasteiger partial charge is 0.310 e. The highest BCUT2D eigenvalue weighted by atomic mass is 15.0. The van der Waals surface area contributed by atoms with Crippen LogP contribution in [0.25, 0.3) is 153 Å². The molecule has 3 heteroatoms.